The van der Waals surface area contributed by atoms with Crippen LogP contribution in [0.25, 0.3) is 0 Å². The molecule has 0 unspecified atom stereocenters. The lowest BCUT2D eigenvalue weighted by Gasteiger charge is -2.12. The minimum atomic E-state index is -0.106. The summed E-state index contributed by atoms with van der Waals surface area (Å²) in [5, 5.41) is 5.87. The molecule has 5 heteroatoms. The number of carbonyl (C=O) groups excluding carboxylic acids is 1. The van der Waals surface area contributed by atoms with Gasteiger partial charge in [0.15, 0.2) is 5.11 Å². The highest BCUT2D eigenvalue weighted by molar-refractivity contribution is 7.80. The molecule has 4 nitrogen and oxygen atoms in total. The third kappa shape index (κ3) is 4.03. The van der Waals surface area contributed by atoms with E-state index in [-0.39, 0.29) is 17.1 Å². The molecule has 0 aromatic heterocycles. The second-order valence-electron chi connectivity index (χ2n) is 4.15. The molecule has 0 saturated carbocycles. The topological polar surface area (TPSA) is 67.2 Å². The first-order valence-corrected chi connectivity index (χ1v) is 5.79. The van der Waals surface area contributed by atoms with Crippen LogP contribution in [0.1, 0.15) is 29.8 Å². The van der Waals surface area contributed by atoms with Crippen molar-refractivity contribution in [1.82, 2.24) is 5.32 Å². The molecule has 0 spiro atoms. The van der Waals surface area contributed by atoms with Gasteiger partial charge >= 0.3 is 0 Å². The number of rotatable bonds is 3. The predicted octanol–water partition coefficient (Wildman–Crippen LogP) is 1.79. The maximum absolute atomic E-state index is 11.8. The first-order chi connectivity index (χ1) is 7.90. The number of nitrogens with two attached hydrogens (primary N) is 1. The standard InChI is InChI=1S/C12H17N3OS/c1-7(2)14-11(16)9-5-4-8(3)10(6-9)15-12(13)17/h4-7H,1-3H3,(H,14,16)(H3,13,15,17). The van der Waals surface area contributed by atoms with Crippen LogP contribution in [0.2, 0.25) is 0 Å². The van der Waals surface area contributed by atoms with Crippen molar-refractivity contribution in [3.05, 3.63) is 29.3 Å². The SMILES string of the molecule is Cc1ccc(C(=O)NC(C)C)cc1NC(N)=S. The molecule has 0 radical (unpaired) electrons. The van der Waals surface area contributed by atoms with Crippen molar-refractivity contribution in [2.45, 2.75) is 26.8 Å². The van der Waals surface area contributed by atoms with Gasteiger partial charge in [0.05, 0.1) is 0 Å². The molecule has 1 aromatic carbocycles. The van der Waals surface area contributed by atoms with Crippen molar-refractivity contribution in [1.29, 1.82) is 0 Å². The Morgan fingerprint density at radius 2 is 2.06 bits per heavy atom. The summed E-state index contributed by atoms with van der Waals surface area (Å²) in [5.41, 5.74) is 7.75. The zero-order valence-electron chi connectivity index (χ0n) is 10.2. The lowest BCUT2D eigenvalue weighted by atomic mass is 10.1. The van der Waals surface area contributed by atoms with E-state index in [9.17, 15) is 4.79 Å². The summed E-state index contributed by atoms with van der Waals surface area (Å²) in [7, 11) is 0. The number of aryl methyl sites for hydroxylation is 1. The number of anilines is 1. The van der Waals surface area contributed by atoms with E-state index in [1.54, 1.807) is 12.1 Å². The van der Waals surface area contributed by atoms with Gasteiger partial charge in [0.25, 0.3) is 5.91 Å². The molecule has 1 aromatic rings. The minimum Gasteiger partial charge on any atom is -0.376 e. The highest BCUT2D eigenvalue weighted by Gasteiger charge is 2.09. The number of hydrogen-bond donors (Lipinski definition) is 3. The molecular weight excluding hydrogens is 234 g/mol. The maximum atomic E-state index is 11.8. The Hall–Kier alpha value is -1.62. The van der Waals surface area contributed by atoms with Crippen LogP contribution in [0.5, 0.6) is 0 Å². The number of benzene rings is 1. The Balaban J connectivity index is 2.95. The van der Waals surface area contributed by atoms with Gasteiger partial charge in [-0.1, -0.05) is 6.07 Å². The summed E-state index contributed by atoms with van der Waals surface area (Å²) >= 11 is 4.78. The number of hydrogen-bond acceptors (Lipinski definition) is 2. The molecular formula is C12H17N3OS. The monoisotopic (exact) mass is 251 g/mol. The Morgan fingerprint density at radius 1 is 1.41 bits per heavy atom. The van der Waals surface area contributed by atoms with Crippen molar-refractivity contribution in [2.75, 3.05) is 5.32 Å². The molecule has 0 aliphatic rings. The van der Waals surface area contributed by atoms with E-state index in [4.69, 9.17) is 18.0 Å². The third-order valence-electron chi connectivity index (χ3n) is 2.18. The van der Waals surface area contributed by atoms with Gasteiger partial charge in [0, 0.05) is 17.3 Å². The molecule has 0 bridgehead atoms. The average molecular weight is 251 g/mol. The van der Waals surface area contributed by atoms with E-state index in [0.717, 1.165) is 11.3 Å². The van der Waals surface area contributed by atoms with E-state index in [1.807, 2.05) is 26.8 Å². The summed E-state index contributed by atoms with van der Waals surface area (Å²) in [5.74, 6) is -0.106. The lowest BCUT2D eigenvalue weighted by Crippen LogP contribution is -2.30. The fraction of sp³-hybridized carbons (Fsp3) is 0.333. The van der Waals surface area contributed by atoms with Crippen LogP contribution in [0.4, 0.5) is 5.69 Å². The number of thiocarbonyl (C=S) groups is 1. The van der Waals surface area contributed by atoms with Gasteiger partial charge in [-0.3, -0.25) is 4.79 Å². The lowest BCUT2D eigenvalue weighted by molar-refractivity contribution is 0.0943. The van der Waals surface area contributed by atoms with E-state index in [2.05, 4.69) is 10.6 Å². The largest absolute Gasteiger partial charge is 0.376 e. The highest BCUT2D eigenvalue weighted by Crippen LogP contribution is 2.16. The Bertz CT molecular complexity index is 443. The van der Waals surface area contributed by atoms with Gasteiger partial charge in [-0.2, -0.15) is 0 Å². The summed E-state index contributed by atoms with van der Waals surface area (Å²) < 4.78 is 0. The molecule has 1 amide bonds. The van der Waals surface area contributed by atoms with E-state index in [0.29, 0.717) is 5.56 Å². The molecule has 92 valence electrons. The molecule has 1 rings (SSSR count). The molecule has 0 aliphatic heterocycles. The summed E-state index contributed by atoms with van der Waals surface area (Å²) in [4.78, 5) is 11.8. The zero-order valence-corrected chi connectivity index (χ0v) is 11.0. The fourth-order valence-corrected chi connectivity index (χ4v) is 1.49. The Morgan fingerprint density at radius 3 is 2.59 bits per heavy atom. The smallest absolute Gasteiger partial charge is 0.251 e. The molecule has 0 heterocycles. The maximum Gasteiger partial charge on any atom is 0.251 e. The van der Waals surface area contributed by atoms with E-state index >= 15 is 0 Å². The number of nitrogens with one attached hydrogen (secondary N) is 2. The van der Waals surface area contributed by atoms with Gasteiger partial charge in [0.1, 0.15) is 0 Å². The van der Waals surface area contributed by atoms with Crippen LogP contribution >= 0.6 is 12.2 Å². The summed E-state index contributed by atoms with van der Waals surface area (Å²) in [6, 6.07) is 5.48. The first-order valence-electron chi connectivity index (χ1n) is 5.38. The van der Waals surface area contributed by atoms with Gasteiger partial charge in [0.2, 0.25) is 0 Å². The second-order valence-corrected chi connectivity index (χ2v) is 4.59. The first kappa shape index (κ1) is 13.4. The van der Waals surface area contributed by atoms with Crippen LogP contribution in [0.3, 0.4) is 0 Å². The Labute approximate surface area is 107 Å². The number of amides is 1. The van der Waals surface area contributed by atoms with Gasteiger partial charge < -0.3 is 16.4 Å². The third-order valence-corrected chi connectivity index (χ3v) is 2.28. The molecule has 17 heavy (non-hydrogen) atoms. The second kappa shape index (κ2) is 5.63. The van der Waals surface area contributed by atoms with Crippen molar-refractivity contribution in [3.8, 4) is 0 Å². The minimum absolute atomic E-state index is 0.106. The molecule has 4 N–H and O–H groups in total. The summed E-state index contributed by atoms with van der Waals surface area (Å²) in [6.07, 6.45) is 0. The molecule has 0 atom stereocenters. The normalized spacial score (nSPS) is 10.1. The van der Waals surface area contributed by atoms with Gasteiger partial charge in [-0.05, 0) is 50.7 Å². The van der Waals surface area contributed by atoms with Crippen LogP contribution in [0, 0.1) is 6.92 Å². The van der Waals surface area contributed by atoms with Crippen LogP contribution < -0.4 is 16.4 Å². The molecule has 0 aliphatic carbocycles. The van der Waals surface area contributed by atoms with E-state index in [1.165, 1.54) is 0 Å². The van der Waals surface area contributed by atoms with Crippen molar-refractivity contribution in [3.63, 3.8) is 0 Å². The van der Waals surface area contributed by atoms with Crippen molar-refractivity contribution < 1.29 is 4.79 Å². The van der Waals surface area contributed by atoms with Crippen LogP contribution in [-0.2, 0) is 0 Å². The average Bonchev–Trinajstić information content (AvgIpc) is 2.19. The van der Waals surface area contributed by atoms with Crippen molar-refractivity contribution >= 4 is 28.9 Å². The van der Waals surface area contributed by atoms with Gasteiger partial charge in [-0.25, -0.2) is 0 Å². The van der Waals surface area contributed by atoms with E-state index < -0.39 is 0 Å². The Kier molecular flexibility index (Phi) is 4.45. The van der Waals surface area contributed by atoms with Crippen molar-refractivity contribution in [2.24, 2.45) is 5.73 Å². The summed E-state index contributed by atoms with van der Waals surface area (Å²) in [6.45, 7) is 5.76. The quantitative estimate of drug-likeness (QED) is 0.716. The highest BCUT2D eigenvalue weighted by atomic mass is 32.1. The fourth-order valence-electron chi connectivity index (χ4n) is 1.38. The van der Waals surface area contributed by atoms with Gasteiger partial charge in [-0.15, -0.1) is 0 Å². The van der Waals surface area contributed by atoms with Crippen LogP contribution in [0.15, 0.2) is 18.2 Å². The molecule has 0 saturated heterocycles. The molecule has 0 fully saturated rings. The number of carbonyl (C=O) groups is 1. The predicted molar refractivity (Wildman–Crippen MR) is 74.2 cm³/mol. The van der Waals surface area contributed by atoms with Crippen LogP contribution in [-0.4, -0.2) is 17.1 Å². The zero-order chi connectivity index (χ0) is 13.0.